The molecule has 0 radical (unpaired) electrons. The van der Waals surface area contributed by atoms with Gasteiger partial charge in [-0.25, -0.2) is 9.18 Å². The maximum atomic E-state index is 13.7. The Morgan fingerprint density at radius 2 is 1.71 bits per heavy atom. The number of nitrogens with one attached hydrogen (secondary N) is 1. The molecule has 3 aromatic carbocycles. The van der Waals surface area contributed by atoms with Gasteiger partial charge in [0.05, 0.1) is 0 Å². The van der Waals surface area contributed by atoms with Crippen molar-refractivity contribution in [2.75, 3.05) is 13.2 Å². The van der Waals surface area contributed by atoms with Crippen molar-refractivity contribution in [1.82, 2.24) is 5.32 Å². The van der Waals surface area contributed by atoms with Gasteiger partial charge >= 0.3 is 6.09 Å². The third-order valence-electron chi connectivity index (χ3n) is 5.53. The van der Waals surface area contributed by atoms with Gasteiger partial charge in [0.2, 0.25) is 0 Å². The van der Waals surface area contributed by atoms with Crippen molar-refractivity contribution < 1.29 is 13.9 Å². The van der Waals surface area contributed by atoms with Crippen LogP contribution in [0.15, 0.2) is 72.8 Å². The first kappa shape index (κ1) is 20.8. The molecule has 0 unspecified atom stereocenters. The number of nitrogens with two attached hydrogens (primary N) is 1. The standard InChI is InChI=1S/C26H25FN2O2/c27-25-15-18(12-13-19(25)16-28)7-5-6-14-29-26(30)31-17-24-22-10-3-1-8-20(22)21-9-2-4-11-23(21)24/h1-5,7-13,15,24H,6,14,16-17,28H2,(H,29,30). The lowest BCUT2D eigenvalue weighted by Crippen LogP contribution is -2.26. The number of halogens is 1. The summed E-state index contributed by atoms with van der Waals surface area (Å²) in [5, 5.41) is 2.77. The topological polar surface area (TPSA) is 64.3 Å². The lowest BCUT2D eigenvalue weighted by atomic mass is 9.98. The zero-order valence-corrected chi connectivity index (χ0v) is 17.2. The van der Waals surface area contributed by atoms with Crippen LogP contribution in [0.2, 0.25) is 0 Å². The molecule has 4 nitrogen and oxygen atoms in total. The molecule has 0 heterocycles. The average molecular weight is 416 g/mol. The van der Waals surface area contributed by atoms with Crippen LogP contribution in [0.5, 0.6) is 0 Å². The fourth-order valence-corrected chi connectivity index (χ4v) is 3.96. The molecule has 0 saturated heterocycles. The highest BCUT2D eigenvalue weighted by Gasteiger charge is 2.28. The van der Waals surface area contributed by atoms with Crippen molar-refractivity contribution in [3.05, 3.63) is 101 Å². The van der Waals surface area contributed by atoms with Crippen LogP contribution in [-0.4, -0.2) is 19.2 Å². The third-order valence-corrected chi connectivity index (χ3v) is 5.53. The van der Waals surface area contributed by atoms with Crippen molar-refractivity contribution >= 4 is 12.2 Å². The number of benzene rings is 3. The molecule has 158 valence electrons. The smallest absolute Gasteiger partial charge is 0.407 e. The molecule has 1 amide bonds. The van der Waals surface area contributed by atoms with E-state index in [2.05, 4.69) is 29.6 Å². The normalized spacial score (nSPS) is 12.6. The molecule has 31 heavy (non-hydrogen) atoms. The Balaban J connectivity index is 1.26. The molecule has 0 spiro atoms. The van der Waals surface area contributed by atoms with Gasteiger partial charge in [-0.2, -0.15) is 0 Å². The molecular weight excluding hydrogens is 391 g/mol. The summed E-state index contributed by atoms with van der Waals surface area (Å²) in [7, 11) is 0. The van der Waals surface area contributed by atoms with Crippen LogP contribution in [0.3, 0.4) is 0 Å². The number of carbonyl (C=O) groups is 1. The number of hydrogen-bond donors (Lipinski definition) is 2. The van der Waals surface area contributed by atoms with E-state index in [1.54, 1.807) is 6.07 Å². The van der Waals surface area contributed by atoms with Gasteiger partial charge < -0.3 is 15.8 Å². The molecular formula is C26H25FN2O2. The fraction of sp³-hybridized carbons (Fsp3) is 0.192. The molecule has 0 aliphatic heterocycles. The highest BCUT2D eigenvalue weighted by Crippen LogP contribution is 2.44. The Hall–Kier alpha value is -3.44. The van der Waals surface area contributed by atoms with Crippen LogP contribution in [0.1, 0.15) is 34.6 Å². The number of fused-ring (bicyclic) bond motifs is 3. The second-order valence-corrected chi connectivity index (χ2v) is 7.50. The average Bonchev–Trinajstić information content (AvgIpc) is 3.11. The number of carbonyl (C=O) groups excluding carboxylic acids is 1. The zero-order chi connectivity index (χ0) is 21.6. The lowest BCUT2D eigenvalue weighted by Gasteiger charge is -2.14. The van der Waals surface area contributed by atoms with Crippen molar-refractivity contribution in [2.24, 2.45) is 5.73 Å². The molecule has 0 aromatic heterocycles. The zero-order valence-electron chi connectivity index (χ0n) is 17.2. The van der Waals surface area contributed by atoms with Gasteiger partial charge in [0.15, 0.2) is 0 Å². The van der Waals surface area contributed by atoms with Crippen molar-refractivity contribution in [3.8, 4) is 11.1 Å². The van der Waals surface area contributed by atoms with Crippen molar-refractivity contribution in [3.63, 3.8) is 0 Å². The summed E-state index contributed by atoms with van der Waals surface area (Å²) in [6.45, 7) is 0.916. The Labute approximate surface area is 181 Å². The predicted molar refractivity (Wildman–Crippen MR) is 121 cm³/mol. The van der Waals surface area contributed by atoms with E-state index in [0.29, 0.717) is 25.1 Å². The van der Waals surface area contributed by atoms with E-state index in [-0.39, 0.29) is 18.3 Å². The van der Waals surface area contributed by atoms with E-state index < -0.39 is 6.09 Å². The van der Waals surface area contributed by atoms with Gasteiger partial charge in [-0.05, 0) is 40.3 Å². The van der Waals surface area contributed by atoms with Crippen LogP contribution in [0.4, 0.5) is 9.18 Å². The maximum Gasteiger partial charge on any atom is 0.407 e. The van der Waals surface area contributed by atoms with E-state index in [1.165, 1.54) is 28.3 Å². The minimum atomic E-state index is -0.436. The molecule has 3 aromatic rings. The van der Waals surface area contributed by atoms with Crippen molar-refractivity contribution in [1.29, 1.82) is 0 Å². The molecule has 4 rings (SSSR count). The van der Waals surface area contributed by atoms with E-state index in [9.17, 15) is 9.18 Å². The van der Waals surface area contributed by atoms with E-state index in [1.807, 2.05) is 42.5 Å². The van der Waals surface area contributed by atoms with Crippen molar-refractivity contribution in [2.45, 2.75) is 18.9 Å². The second kappa shape index (κ2) is 9.58. The summed E-state index contributed by atoms with van der Waals surface area (Å²) in [5.41, 5.74) is 11.5. The Bertz CT molecular complexity index is 1060. The van der Waals surface area contributed by atoms with Gasteiger partial charge in [-0.3, -0.25) is 0 Å². The Morgan fingerprint density at radius 1 is 1.03 bits per heavy atom. The summed E-state index contributed by atoms with van der Waals surface area (Å²) in [6, 6.07) is 21.4. The predicted octanol–water partition coefficient (Wildman–Crippen LogP) is 5.23. The minimum absolute atomic E-state index is 0.0458. The van der Waals surface area contributed by atoms with Crippen LogP contribution in [0, 0.1) is 5.82 Å². The third kappa shape index (κ3) is 4.67. The monoisotopic (exact) mass is 416 g/mol. The van der Waals surface area contributed by atoms with Gasteiger partial charge in [-0.1, -0.05) is 72.8 Å². The van der Waals surface area contributed by atoms with Gasteiger partial charge in [-0.15, -0.1) is 0 Å². The second-order valence-electron chi connectivity index (χ2n) is 7.50. The first-order valence-electron chi connectivity index (χ1n) is 10.4. The number of alkyl carbamates (subject to hydrolysis) is 1. The summed E-state index contributed by atoms with van der Waals surface area (Å²) in [4.78, 5) is 12.2. The summed E-state index contributed by atoms with van der Waals surface area (Å²) in [5.74, 6) is -0.258. The highest BCUT2D eigenvalue weighted by atomic mass is 19.1. The minimum Gasteiger partial charge on any atom is -0.449 e. The summed E-state index contributed by atoms with van der Waals surface area (Å²) < 4.78 is 19.3. The summed E-state index contributed by atoms with van der Waals surface area (Å²) in [6.07, 6.45) is 3.89. The number of rotatable bonds is 7. The van der Waals surface area contributed by atoms with E-state index in [0.717, 1.165) is 5.56 Å². The molecule has 0 fully saturated rings. The van der Waals surface area contributed by atoms with Gasteiger partial charge in [0.1, 0.15) is 12.4 Å². The lowest BCUT2D eigenvalue weighted by molar-refractivity contribution is 0.143. The van der Waals surface area contributed by atoms with Gasteiger partial charge in [0.25, 0.3) is 0 Å². The molecule has 5 heteroatoms. The maximum absolute atomic E-state index is 13.7. The summed E-state index contributed by atoms with van der Waals surface area (Å²) >= 11 is 0. The Kier molecular flexibility index (Phi) is 6.43. The van der Waals surface area contributed by atoms with E-state index in [4.69, 9.17) is 10.5 Å². The largest absolute Gasteiger partial charge is 0.449 e. The quantitative estimate of drug-likeness (QED) is 0.519. The first-order valence-corrected chi connectivity index (χ1v) is 10.4. The molecule has 0 saturated carbocycles. The van der Waals surface area contributed by atoms with Crippen LogP contribution in [-0.2, 0) is 11.3 Å². The molecule has 3 N–H and O–H groups in total. The van der Waals surface area contributed by atoms with Gasteiger partial charge in [0, 0.05) is 24.6 Å². The number of amides is 1. The first-order chi connectivity index (χ1) is 15.2. The number of hydrogen-bond acceptors (Lipinski definition) is 3. The number of ether oxygens (including phenoxy) is 1. The van der Waals surface area contributed by atoms with Crippen LogP contribution >= 0.6 is 0 Å². The Morgan fingerprint density at radius 3 is 2.35 bits per heavy atom. The van der Waals surface area contributed by atoms with Crippen LogP contribution in [0.25, 0.3) is 17.2 Å². The molecule has 1 aliphatic carbocycles. The van der Waals surface area contributed by atoms with Crippen LogP contribution < -0.4 is 11.1 Å². The highest BCUT2D eigenvalue weighted by molar-refractivity contribution is 5.79. The van der Waals surface area contributed by atoms with E-state index >= 15 is 0 Å². The fourth-order valence-electron chi connectivity index (χ4n) is 3.96. The molecule has 1 aliphatic rings. The SMILES string of the molecule is NCc1ccc(C=CCCNC(=O)OCC2c3ccccc3-c3ccccc32)cc1F. The molecule has 0 atom stereocenters. The molecule has 0 bridgehead atoms.